The Morgan fingerprint density at radius 1 is 1.00 bits per heavy atom. The number of cyclic esters (lactones) is 1. The molecule has 0 saturated carbocycles. The van der Waals surface area contributed by atoms with E-state index in [-0.39, 0.29) is 23.7 Å². The molecule has 0 aromatic heterocycles. The van der Waals surface area contributed by atoms with Gasteiger partial charge in [0.15, 0.2) is 0 Å². The quantitative estimate of drug-likeness (QED) is 0.769. The van der Waals surface area contributed by atoms with Gasteiger partial charge < -0.3 is 9.47 Å². The molecule has 1 heterocycles. The van der Waals surface area contributed by atoms with Crippen LogP contribution in [0.25, 0.3) is 5.76 Å². The summed E-state index contributed by atoms with van der Waals surface area (Å²) in [6.07, 6.45) is 2.07. The minimum absolute atomic E-state index is 0.00707. The maximum absolute atomic E-state index is 12.6. The van der Waals surface area contributed by atoms with E-state index in [1.54, 1.807) is 7.11 Å². The summed E-state index contributed by atoms with van der Waals surface area (Å²) in [6.45, 7) is 4.12. The molecular weight excluding hydrogens is 300 g/mol. The van der Waals surface area contributed by atoms with E-state index in [2.05, 4.69) is 19.9 Å². The predicted molar refractivity (Wildman–Crippen MR) is 94.6 cm³/mol. The molecule has 1 aliphatic rings. The van der Waals surface area contributed by atoms with Crippen molar-refractivity contribution in [3.05, 3.63) is 71.8 Å². The largest absolute Gasteiger partial charge is 0.497 e. The van der Waals surface area contributed by atoms with Crippen LogP contribution in [0.1, 0.15) is 30.9 Å². The molecule has 2 aromatic rings. The van der Waals surface area contributed by atoms with Crippen molar-refractivity contribution in [2.45, 2.75) is 19.8 Å². The van der Waals surface area contributed by atoms with Gasteiger partial charge in [-0.3, -0.25) is 4.79 Å². The van der Waals surface area contributed by atoms with Crippen LogP contribution in [0.2, 0.25) is 0 Å². The molecule has 0 fully saturated rings. The van der Waals surface area contributed by atoms with E-state index in [0.29, 0.717) is 5.76 Å². The zero-order valence-electron chi connectivity index (χ0n) is 14.2. The van der Waals surface area contributed by atoms with E-state index < -0.39 is 0 Å². The molecular formula is C21H22O3. The first kappa shape index (κ1) is 16.3. The van der Waals surface area contributed by atoms with Crippen molar-refractivity contribution in [2.75, 3.05) is 7.11 Å². The molecule has 3 rings (SSSR count). The van der Waals surface area contributed by atoms with Gasteiger partial charge in [0.05, 0.1) is 13.0 Å². The average Bonchev–Trinajstić information content (AvgIpc) is 2.61. The van der Waals surface area contributed by atoms with Crippen LogP contribution in [0, 0.1) is 11.8 Å². The van der Waals surface area contributed by atoms with Gasteiger partial charge in [0.1, 0.15) is 11.5 Å². The third-order valence-electron chi connectivity index (χ3n) is 4.48. The lowest BCUT2D eigenvalue weighted by Gasteiger charge is -2.31. The summed E-state index contributed by atoms with van der Waals surface area (Å²) in [7, 11) is 1.65. The fraction of sp³-hybridized carbons (Fsp3) is 0.286. The highest BCUT2D eigenvalue weighted by Gasteiger charge is 2.37. The lowest BCUT2D eigenvalue weighted by atomic mass is 9.77. The maximum atomic E-state index is 12.6. The number of benzene rings is 2. The molecule has 0 N–H and O–H groups in total. The van der Waals surface area contributed by atoms with Crippen LogP contribution in [-0.2, 0) is 9.53 Å². The second-order valence-electron chi connectivity index (χ2n) is 6.39. The van der Waals surface area contributed by atoms with Gasteiger partial charge in [-0.1, -0.05) is 56.3 Å². The number of methoxy groups -OCH3 is 1. The molecule has 3 heteroatoms. The fourth-order valence-electron chi connectivity index (χ4n) is 3.20. The van der Waals surface area contributed by atoms with Gasteiger partial charge in [0, 0.05) is 11.5 Å². The number of carbonyl (C=O) groups is 1. The lowest BCUT2D eigenvalue weighted by Crippen LogP contribution is -2.31. The third-order valence-corrected chi connectivity index (χ3v) is 4.48. The van der Waals surface area contributed by atoms with Crippen molar-refractivity contribution in [3.63, 3.8) is 0 Å². The second-order valence-corrected chi connectivity index (χ2v) is 6.39. The predicted octanol–water partition coefficient (Wildman–Crippen LogP) is 4.65. The number of hydrogen-bond donors (Lipinski definition) is 0. The summed E-state index contributed by atoms with van der Waals surface area (Å²) in [5.74, 6) is 1.28. The van der Waals surface area contributed by atoms with Gasteiger partial charge >= 0.3 is 5.97 Å². The highest BCUT2D eigenvalue weighted by Crippen LogP contribution is 2.40. The van der Waals surface area contributed by atoms with Gasteiger partial charge in [0.2, 0.25) is 0 Å². The topological polar surface area (TPSA) is 35.5 Å². The van der Waals surface area contributed by atoms with Crippen LogP contribution in [0.15, 0.2) is 60.7 Å². The van der Waals surface area contributed by atoms with E-state index in [4.69, 9.17) is 9.47 Å². The van der Waals surface area contributed by atoms with E-state index in [0.717, 1.165) is 16.9 Å². The summed E-state index contributed by atoms with van der Waals surface area (Å²) in [5, 5.41) is 0. The standard InChI is InChI=1S/C21H22O3/c1-14(2)20-18(15-9-11-17(23-3)12-10-15)13-19(24-21(20)22)16-7-5-4-6-8-16/h4-14,18,20H,1-3H3/t18-,20-/m1/s1. The number of rotatable bonds is 4. The van der Waals surface area contributed by atoms with Gasteiger partial charge in [-0.25, -0.2) is 0 Å². The minimum atomic E-state index is -0.189. The Hall–Kier alpha value is -2.55. The van der Waals surface area contributed by atoms with Crippen molar-refractivity contribution < 1.29 is 14.3 Å². The number of ether oxygens (including phenoxy) is 2. The van der Waals surface area contributed by atoms with E-state index in [1.165, 1.54) is 0 Å². The van der Waals surface area contributed by atoms with Crippen LogP contribution >= 0.6 is 0 Å². The first-order chi connectivity index (χ1) is 11.6. The third kappa shape index (κ3) is 3.21. The molecule has 3 nitrogen and oxygen atoms in total. The summed E-state index contributed by atoms with van der Waals surface area (Å²) in [5.41, 5.74) is 2.02. The SMILES string of the molecule is COc1ccc([C@H]2C=C(c3ccccc3)OC(=O)[C@@H]2C(C)C)cc1. The van der Waals surface area contributed by atoms with Gasteiger partial charge in [0.25, 0.3) is 0 Å². The van der Waals surface area contributed by atoms with E-state index in [1.807, 2.05) is 54.6 Å². The summed E-state index contributed by atoms with van der Waals surface area (Å²) >= 11 is 0. The first-order valence-electron chi connectivity index (χ1n) is 8.23. The number of carbonyl (C=O) groups excluding carboxylic acids is 1. The maximum Gasteiger partial charge on any atom is 0.315 e. The smallest absolute Gasteiger partial charge is 0.315 e. The molecule has 0 bridgehead atoms. The Kier molecular flexibility index (Phi) is 4.70. The number of allylic oxidation sites excluding steroid dienone is 1. The van der Waals surface area contributed by atoms with E-state index >= 15 is 0 Å². The summed E-state index contributed by atoms with van der Waals surface area (Å²) in [4.78, 5) is 12.6. The monoisotopic (exact) mass is 322 g/mol. The molecule has 24 heavy (non-hydrogen) atoms. The molecule has 2 aromatic carbocycles. The van der Waals surface area contributed by atoms with Crippen LogP contribution in [0.5, 0.6) is 5.75 Å². The molecule has 124 valence electrons. The van der Waals surface area contributed by atoms with Gasteiger partial charge in [-0.05, 0) is 29.7 Å². The van der Waals surface area contributed by atoms with Crippen LogP contribution in [0.3, 0.4) is 0 Å². The molecule has 0 amide bonds. The molecule has 0 saturated heterocycles. The average molecular weight is 322 g/mol. The van der Waals surface area contributed by atoms with Crippen molar-refractivity contribution >= 4 is 11.7 Å². The van der Waals surface area contributed by atoms with Crippen LogP contribution in [0.4, 0.5) is 0 Å². The van der Waals surface area contributed by atoms with Crippen molar-refractivity contribution in [2.24, 2.45) is 11.8 Å². The van der Waals surface area contributed by atoms with E-state index in [9.17, 15) is 4.79 Å². The summed E-state index contributed by atoms with van der Waals surface area (Å²) in [6, 6.07) is 17.7. The Labute approximate surface area is 142 Å². The fourth-order valence-corrected chi connectivity index (χ4v) is 3.20. The lowest BCUT2D eigenvalue weighted by molar-refractivity contribution is -0.144. The minimum Gasteiger partial charge on any atom is -0.497 e. The molecule has 0 aliphatic carbocycles. The van der Waals surface area contributed by atoms with Crippen molar-refractivity contribution in [3.8, 4) is 5.75 Å². The van der Waals surface area contributed by atoms with Crippen molar-refractivity contribution in [1.82, 2.24) is 0 Å². The van der Waals surface area contributed by atoms with Gasteiger partial charge in [-0.2, -0.15) is 0 Å². The molecule has 0 radical (unpaired) electrons. The highest BCUT2D eigenvalue weighted by molar-refractivity contribution is 5.84. The summed E-state index contributed by atoms with van der Waals surface area (Å²) < 4.78 is 10.9. The number of hydrogen-bond acceptors (Lipinski definition) is 3. The zero-order valence-corrected chi connectivity index (χ0v) is 14.2. The Morgan fingerprint density at radius 3 is 2.25 bits per heavy atom. The molecule has 0 unspecified atom stereocenters. The van der Waals surface area contributed by atoms with Crippen LogP contribution in [-0.4, -0.2) is 13.1 Å². The highest BCUT2D eigenvalue weighted by atomic mass is 16.5. The first-order valence-corrected chi connectivity index (χ1v) is 8.23. The Bertz CT molecular complexity index is 729. The molecule has 2 atom stereocenters. The molecule has 0 spiro atoms. The second kappa shape index (κ2) is 6.91. The normalized spacial score (nSPS) is 20.5. The Balaban J connectivity index is 2.03. The van der Waals surface area contributed by atoms with Crippen LogP contribution < -0.4 is 4.74 Å². The zero-order chi connectivity index (χ0) is 17.1. The van der Waals surface area contributed by atoms with Gasteiger partial charge in [-0.15, -0.1) is 0 Å². The molecule has 1 aliphatic heterocycles. The number of esters is 1. The van der Waals surface area contributed by atoms with Crippen molar-refractivity contribution in [1.29, 1.82) is 0 Å². The Morgan fingerprint density at radius 2 is 1.67 bits per heavy atom.